The van der Waals surface area contributed by atoms with Gasteiger partial charge in [-0.15, -0.1) is 0 Å². The molecule has 1 fully saturated rings. The van der Waals surface area contributed by atoms with E-state index in [1.807, 2.05) is 0 Å². The lowest BCUT2D eigenvalue weighted by atomic mass is 10.1. The number of rotatable bonds is 2. The number of primary amides is 1. The summed E-state index contributed by atoms with van der Waals surface area (Å²) in [6.07, 6.45) is 0. The average Bonchev–Trinajstić information content (AvgIpc) is 2.38. The van der Waals surface area contributed by atoms with Crippen LogP contribution >= 0.6 is 0 Å². The Kier molecular flexibility index (Phi) is 3.66. The zero-order chi connectivity index (χ0) is 14.0. The number of phenolic OH excluding ortho intramolecular Hbond substituents is 1. The summed E-state index contributed by atoms with van der Waals surface area (Å²) in [6.45, 7) is 0.476. The normalized spacial score (nSPS) is 19.2. The maximum atomic E-state index is 12.9. The van der Waals surface area contributed by atoms with E-state index < -0.39 is 29.4 Å². The van der Waals surface area contributed by atoms with Gasteiger partial charge in [-0.3, -0.25) is 9.59 Å². The van der Waals surface area contributed by atoms with E-state index in [1.54, 1.807) is 0 Å². The summed E-state index contributed by atoms with van der Waals surface area (Å²) < 4.78 is 18.0. The number of morpholine rings is 1. The van der Waals surface area contributed by atoms with Crippen molar-refractivity contribution in [2.24, 2.45) is 5.73 Å². The molecule has 1 aliphatic heterocycles. The van der Waals surface area contributed by atoms with E-state index in [4.69, 9.17) is 10.5 Å². The number of aromatic hydroxyl groups is 1. The van der Waals surface area contributed by atoms with Crippen LogP contribution in [0.1, 0.15) is 10.4 Å². The van der Waals surface area contributed by atoms with Crippen molar-refractivity contribution in [3.05, 3.63) is 29.6 Å². The number of hydrogen-bond donors (Lipinski definition) is 2. The van der Waals surface area contributed by atoms with Gasteiger partial charge in [-0.05, 0) is 12.1 Å². The Morgan fingerprint density at radius 2 is 2.21 bits per heavy atom. The number of carbonyl (C=O) groups excluding carboxylic acids is 2. The van der Waals surface area contributed by atoms with Gasteiger partial charge in [0.1, 0.15) is 17.6 Å². The molecule has 0 bridgehead atoms. The highest BCUT2D eigenvalue weighted by Gasteiger charge is 2.32. The van der Waals surface area contributed by atoms with Crippen molar-refractivity contribution >= 4 is 11.8 Å². The van der Waals surface area contributed by atoms with Crippen LogP contribution in [-0.2, 0) is 9.53 Å². The van der Waals surface area contributed by atoms with E-state index in [0.717, 1.165) is 12.1 Å². The van der Waals surface area contributed by atoms with Gasteiger partial charge in [-0.25, -0.2) is 4.39 Å². The first-order valence-corrected chi connectivity index (χ1v) is 5.67. The van der Waals surface area contributed by atoms with Gasteiger partial charge in [0.2, 0.25) is 5.91 Å². The first-order chi connectivity index (χ1) is 9.00. The molecule has 1 saturated heterocycles. The Morgan fingerprint density at radius 3 is 2.84 bits per heavy atom. The summed E-state index contributed by atoms with van der Waals surface area (Å²) in [6, 6.07) is 2.19. The van der Waals surface area contributed by atoms with Gasteiger partial charge in [-0.1, -0.05) is 0 Å². The van der Waals surface area contributed by atoms with Crippen LogP contribution < -0.4 is 5.73 Å². The third kappa shape index (κ3) is 2.65. The molecule has 1 heterocycles. The van der Waals surface area contributed by atoms with Crippen molar-refractivity contribution < 1.29 is 23.8 Å². The van der Waals surface area contributed by atoms with E-state index in [1.165, 1.54) is 11.0 Å². The Hall–Kier alpha value is -2.15. The van der Waals surface area contributed by atoms with Crippen LogP contribution in [0.4, 0.5) is 4.39 Å². The minimum Gasteiger partial charge on any atom is -0.507 e. The molecule has 2 rings (SSSR count). The molecule has 1 unspecified atom stereocenters. The number of phenols is 1. The number of hydrogen-bond acceptors (Lipinski definition) is 4. The van der Waals surface area contributed by atoms with Gasteiger partial charge in [-0.2, -0.15) is 0 Å². The molecule has 19 heavy (non-hydrogen) atoms. The zero-order valence-corrected chi connectivity index (χ0v) is 10.0. The fraction of sp³-hybridized carbons (Fsp3) is 0.333. The molecule has 7 heteroatoms. The molecule has 102 valence electrons. The third-order valence-electron chi connectivity index (χ3n) is 2.91. The number of nitrogens with two attached hydrogens (primary N) is 1. The zero-order valence-electron chi connectivity index (χ0n) is 10.0. The minimum atomic E-state index is -0.884. The fourth-order valence-electron chi connectivity index (χ4n) is 1.92. The van der Waals surface area contributed by atoms with Gasteiger partial charge in [0.25, 0.3) is 5.91 Å². The molecule has 6 nitrogen and oxygen atoms in total. The molecular weight excluding hydrogens is 255 g/mol. The smallest absolute Gasteiger partial charge is 0.258 e. The average molecular weight is 268 g/mol. The lowest BCUT2D eigenvalue weighted by Crippen LogP contribution is -2.54. The minimum absolute atomic E-state index is 0.0169. The van der Waals surface area contributed by atoms with Crippen molar-refractivity contribution in [1.29, 1.82) is 0 Å². The Morgan fingerprint density at radius 1 is 1.47 bits per heavy atom. The quantitative estimate of drug-likeness (QED) is 0.780. The summed E-state index contributed by atoms with van der Waals surface area (Å²) in [5.74, 6) is -2.39. The molecule has 3 N–H and O–H groups in total. The van der Waals surface area contributed by atoms with Crippen LogP contribution in [0.5, 0.6) is 5.75 Å². The highest BCUT2D eigenvalue weighted by molar-refractivity contribution is 5.99. The maximum absolute atomic E-state index is 12.9. The van der Waals surface area contributed by atoms with Gasteiger partial charge in [0, 0.05) is 12.6 Å². The SMILES string of the molecule is NC(=O)C1COCCN1C(=O)c1ccc(F)cc1O. The summed E-state index contributed by atoms with van der Waals surface area (Å²) in [5.41, 5.74) is 5.13. The van der Waals surface area contributed by atoms with Crippen molar-refractivity contribution in [3.63, 3.8) is 0 Å². The molecule has 0 saturated carbocycles. The van der Waals surface area contributed by atoms with Crippen molar-refractivity contribution in [3.8, 4) is 5.75 Å². The van der Waals surface area contributed by atoms with Gasteiger partial charge in [0.15, 0.2) is 0 Å². The Labute approximate surface area is 108 Å². The lowest BCUT2D eigenvalue weighted by molar-refractivity contribution is -0.127. The topological polar surface area (TPSA) is 92.9 Å². The predicted octanol–water partition coefficient (Wildman–Crippen LogP) is -0.142. The Balaban J connectivity index is 2.28. The molecule has 0 radical (unpaired) electrons. The molecule has 1 atom stereocenters. The lowest BCUT2D eigenvalue weighted by Gasteiger charge is -2.33. The maximum Gasteiger partial charge on any atom is 0.258 e. The van der Waals surface area contributed by atoms with Crippen molar-refractivity contribution in [2.45, 2.75) is 6.04 Å². The van der Waals surface area contributed by atoms with E-state index in [2.05, 4.69) is 0 Å². The van der Waals surface area contributed by atoms with E-state index in [9.17, 15) is 19.1 Å². The van der Waals surface area contributed by atoms with E-state index >= 15 is 0 Å². The van der Waals surface area contributed by atoms with Gasteiger partial charge in [0.05, 0.1) is 18.8 Å². The summed E-state index contributed by atoms with van der Waals surface area (Å²) in [5, 5.41) is 9.58. The fourth-order valence-corrected chi connectivity index (χ4v) is 1.92. The highest BCUT2D eigenvalue weighted by Crippen LogP contribution is 2.21. The van der Waals surface area contributed by atoms with Crippen LogP contribution in [0.2, 0.25) is 0 Å². The number of ether oxygens (including phenoxy) is 1. The highest BCUT2D eigenvalue weighted by atomic mass is 19.1. The predicted molar refractivity (Wildman–Crippen MR) is 62.9 cm³/mol. The van der Waals surface area contributed by atoms with Crippen LogP contribution in [0.15, 0.2) is 18.2 Å². The van der Waals surface area contributed by atoms with Crippen LogP contribution in [-0.4, -0.2) is 47.6 Å². The number of benzene rings is 1. The van der Waals surface area contributed by atoms with Crippen molar-refractivity contribution in [2.75, 3.05) is 19.8 Å². The van der Waals surface area contributed by atoms with Crippen LogP contribution in [0.3, 0.4) is 0 Å². The molecule has 1 aliphatic rings. The largest absolute Gasteiger partial charge is 0.507 e. The standard InChI is InChI=1S/C12H13FN2O4/c13-7-1-2-8(10(16)5-7)12(18)15-3-4-19-6-9(15)11(14)17/h1-2,5,9,16H,3-4,6H2,(H2,14,17). The molecule has 1 aromatic rings. The molecule has 2 amide bonds. The van der Waals surface area contributed by atoms with E-state index in [-0.39, 0.29) is 25.3 Å². The molecule has 0 spiro atoms. The third-order valence-corrected chi connectivity index (χ3v) is 2.91. The van der Waals surface area contributed by atoms with Crippen molar-refractivity contribution in [1.82, 2.24) is 4.90 Å². The second kappa shape index (κ2) is 5.23. The monoisotopic (exact) mass is 268 g/mol. The molecule has 0 aromatic heterocycles. The number of carbonyl (C=O) groups is 2. The second-order valence-corrected chi connectivity index (χ2v) is 4.15. The summed E-state index contributed by atoms with van der Waals surface area (Å²) in [7, 11) is 0. The van der Waals surface area contributed by atoms with E-state index in [0.29, 0.717) is 0 Å². The molecule has 0 aliphatic carbocycles. The van der Waals surface area contributed by atoms with Crippen LogP contribution in [0, 0.1) is 5.82 Å². The number of nitrogens with zero attached hydrogens (tertiary/aromatic N) is 1. The summed E-state index contributed by atoms with van der Waals surface area (Å²) in [4.78, 5) is 24.7. The van der Waals surface area contributed by atoms with Gasteiger partial charge >= 0.3 is 0 Å². The first-order valence-electron chi connectivity index (χ1n) is 5.67. The molecule has 1 aromatic carbocycles. The number of halogens is 1. The first kappa shape index (κ1) is 13.3. The Bertz CT molecular complexity index is 520. The van der Waals surface area contributed by atoms with Gasteiger partial charge < -0.3 is 20.5 Å². The van der Waals surface area contributed by atoms with Crippen LogP contribution in [0.25, 0.3) is 0 Å². The molecular formula is C12H13FN2O4. The summed E-state index contributed by atoms with van der Waals surface area (Å²) >= 11 is 0. The second-order valence-electron chi connectivity index (χ2n) is 4.15. The number of amides is 2.